The van der Waals surface area contributed by atoms with Crippen LogP contribution in [0.3, 0.4) is 0 Å². The van der Waals surface area contributed by atoms with Crippen LogP contribution in [0.1, 0.15) is 74.6 Å². The Morgan fingerprint density at radius 1 is 0.816 bits per heavy atom. The molecule has 4 atom stereocenters. The SMILES string of the molecule is O=C(O)CC[C@H](NP(=O)(O)OCCC[C@H](NC(=O)CC[C@H](NC(=O)CCCCCNC(=O)c1cnc([18F])c(Cl)c1)C(=O)O)C(=O)O)C(=O)O. The zero-order valence-corrected chi connectivity index (χ0v) is 27.6. The van der Waals surface area contributed by atoms with Crippen LogP contribution in [0.4, 0.5) is 4.39 Å². The molecule has 1 aromatic rings. The van der Waals surface area contributed by atoms with Gasteiger partial charge in [-0.25, -0.2) is 24.2 Å². The number of unbranched alkanes of at least 4 members (excludes halogenated alkanes) is 2. The van der Waals surface area contributed by atoms with Crippen LogP contribution in [-0.2, 0) is 37.9 Å². The number of rotatable bonds is 25. The highest BCUT2D eigenvalue weighted by Gasteiger charge is 2.30. The Bertz CT molecular complexity index is 1400. The molecule has 9 N–H and O–H groups in total. The molecule has 0 bridgehead atoms. The van der Waals surface area contributed by atoms with Crippen LogP contribution in [0.15, 0.2) is 12.3 Å². The zero-order chi connectivity index (χ0) is 37.1. The molecule has 0 aliphatic carbocycles. The van der Waals surface area contributed by atoms with Crippen molar-refractivity contribution in [1.29, 1.82) is 0 Å². The van der Waals surface area contributed by atoms with Gasteiger partial charge in [0.2, 0.25) is 17.8 Å². The van der Waals surface area contributed by atoms with E-state index in [1.54, 1.807) is 5.09 Å². The highest BCUT2D eigenvalue weighted by molar-refractivity contribution is 7.50. The minimum Gasteiger partial charge on any atom is -0.481 e. The van der Waals surface area contributed by atoms with E-state index in [0.29, 0.717) is 19.3 Å². The fourth-order valence-corrected chi connectivity index (χ4v) is 5.23. The molecular weight excluding hydrogens is 703 g/mol. The number of aromatic nitrogens is 1. The molecule has 0 radical (unpaired) electrons. The number of nitrogens with zero attached hydrogens (tertiary/aromatic N) is 1. The highest BCUT2D eigenvalue weighted by Crippen LogP contribution is 2.38. The second-order valence-corrected chi connectivity index (χ2v) is 12.4. The van der Waals surface area contributed by atoms with E-state index in [9.17, 15) is 57.6 Å². The van der Waals surface area contributed by atoms with Gasteiger partial charge in [0.1, 0.15) is 18.1 Å². The van der Waals surface area contributed by atoms with E-state index in [1.165, 1.54) is 0 Å². The molecule has 3 amide bonds. The van der Waals surface area contributed by atoms with Gasteiger partial charge in [-0.15, -0.1) is 0 Å². The van der Waals surface area contributed by atoms with Gasteiger partial charge in [-0.3, -0.25) is 28.5 Å². The standard InChI is InChI=1S/C27H38ClFN5O14P/c28-16-13-15(14-31-23(16)29)24(39)30-11-3-1-2-6-20(35)33-18(26(42)43)7-9-21(36)32-17(25(40)41)5-4-12-48-49(46,47)34-19(27(44)45)8-10-22(37)38/h13-14,17-19H,1-12H2,(H,30,39)(H,32,36)(H,33,35)(H,37,38)(H,40,41)(H,42,43)(H,44,45)(H2,34,46,47)/t17-,18-,19-/m0/s1/i29-1. The molecular formula is C27H38ClFN5O14P. The van der Waals surface area contributed by atoms with Gasteiger partial charge in [0.05, 0.1) is 17.2 Å². The summed E-state index contributed by atoms with van der Waals surface area (Å²) in [7, 11) is -4.73. The first kappa shape index (κ1) is 42.8. The first-order valence-corrected chi connectivity index (χ1v) is 16.7. The molecule has 0 aliphatic rings. The van der Waals surface area contributed by atoms with Crippen molar-refractivity contribution in [1.82, 2.24) is 26.0 Å². The molecule has 0 aromatic carbocycles. The van der Waals surface area contributed by atoms with Gasteiger partial charge in [0, 0.05) is 32.0 Å². The average Bonchev–Trinajstić information content (AvgIpc) is 3.01. The lowest BCUT2D eigenvalue weighted by atomic mass is 10.1. The lowest BCUT2D eigenvalue weighted by molar-refractivity contribution is -0.143. The van der Waals surface area contributed by atoms with Crippen molar-refractivity contribution in [3.05, 3.63) is 28.8 Å². The number of aliphatic carboxylic acids is 4. The fourth-order valence-electron chi connectivity index (χ4n) is 3.98. The molecule has 1 rings (SSSR count). The molecule has 49 heavy (non-hydrogen) atoms. The summed E-state index contributed by atoms with van der Waals surface area (Å²) in [4.78, 5) is 94.8. The van der Waals surface area contributed by atoms with Crippen LogP contribution in [-0.4, -0.2) is 103 Å². The van der Waals surface area contributed by atoms with Crippen LogP contribution >= 0.6 is 19.3 Å². The third-order valence-electron chi connectivity index (χ3n) is 6.52. The first-order chi connectivity index (χ1) is 22.9. The summed E-state index contributed by atoms with van der Waals surface area (Å²) >= 11 is 5.60. The summed E-state index contributed by atoms with van der Waals surface area (Å²) in [5, 5.41) is 45.1. The maximum Gasteiger partial charge on any atom is 0.403 e. The third-order valence-corrected chi connectivity index (χ3v) is 7.95. The molecule has 0 fully saturated rings. The molecule has 0 aliphatic heterocycles. The van der Waals surface area contributed by atoms with Gasteiger partial charge in [-0.2, -0.15) is 4.39 Å². The summed E-state index contributed by atoms with van der Waals surface area (Å²) in [6.45, 7) is -0.313. The molecule has 0 spiro atoms. The van der Waals surface area contributed by atoms with E-state index in [1.807, 2.05) is 0 Å². The van der Waals surface area contributed by atoms with Crippen molar-refractivity contribution in [3.63, 3.8) is 0 Å². The zero-order valence-electron chi connectivity index (χ0n) is 25.9. The fraction of sp³-hybridized carbons (Fsp3) is 0.556. The lowest BCUT2D eigenvalue weighted by Crippen LogP contribution is -2.44. The van der Waals surface area contributed by atoms with Crippen molar-refractivity contribution in [3.8, 4) is 0 Å². The molecule has 1 unspecified atom stereocenters. The number of pyridine rings is 1. The predicted molar refractivity (Wildman–Crippen MR) is 165 cm³/mol. The molecule has 1 aromatic heterocycles. The number of hydrogen-bond acceptors (Lipinski definition) is 10. The molecule has 0 saturated heterocycles. The van der Waals surface area contributed by atoms with Gasteiger partial charge < -0.3 is 41.3 Å². The largest absolute Gasteiger partial charge is 0.481 e. The van der Waals surface area contributed by atoms with Gasteiger partial charge in [0.15, 0.2) is 0 Å². The van der Waals surface area contributed by atoms with E-state index in [2.05, 4.69) is 20.9 Å². The summed E-state index contributed by atoms with van der Waals surface area (Å²) in [6.07, 6.45) is -0.200. The molecule has 0 saturated carbocycles. The Balaban J connectivity index is 2.41. The summed E-state index contributed by atoms with van der Waals surface area (Å²) in [5.74, 6) is -8.72. The number of carboxylic acid groups (broad SMARTS) is 4. The molecule has 1 heterocycles. The topological polar surface area (TPSA) is 308 Å². The van der Waals surface area contributed by atoms with Crippen molar-refractivity contribution in [2.45, 2.75) is 82.3 Å². The number of carbonyl (C=O) groups excluding carboxylic acids is 3. The van der Waals surface area contributed by atoms with E-state index in [0.717, 1.165) is 12.3 Å². The third kappa shape index (κ3) is 18.2. The molecule has 19 nitrogen and oxygen atoms in total. The maximum absolute atomic E-state index is 13.1. The van der Waals surface area contributed by atoms with Crippen molar-refractivity contribution < 1.29 is 72.4 Å². The van der Waals surface area contributed by atoms with Crippen LogP contribution in [0.5, 0.6) is 0 Å². The van der Waals surface area contributed by atoms with E-state index >= 15 is 0 Å². The van der Waals surface area contributed by atoms with Crippen molar-refractivity contribution in [2.75, 3.05) is 13.2 Å². The summed E-state index contributed by atoms with van der Waals surface area (Å²) in [6, 6.07) is -3.54. The smallest absolute Gasteiger partial charge is 0.403 e. The van der Waals surface area contributed by atoms with Gasteiger partial charge >= 0.3 is 31.6 Å². The lowest BCUT2D eigenvalue weighted by Gasteiger charge is -2.19. The minimum absolute atomic E-state index is 0.0554. The number of carboxylic acids is 4. The van der Waals surface area contributed by atoms with Crippen molar-refractivity contribution >= 4 is 60.9 Å². The summed E-state index contributed by atoms with van der Waals surface area (Å²) < 4.78 is 30.0. The quantitative estimate of drug-likeness (QED) is 0.0382. The highest BCUT2D eigenvalue weighted by atomic mass is 35.5. The molecule has 22 heteroatoms. The number of nitrogens with one attached hydrogen (secondary N) is 4. The predicted octanol–water partition coefficient (Wildman–Crippen LogP) is 0.888. The Kier molecular flexibility index (Phi) is 18.9. The Morgan fingerprint density at radius 3 is 1.96 bits per heavy atom. The van der Waals surface area contributed by atoms with Crippen molar-refractivity contribution in [2.24, 2.45) is 0 Å². The second-order valence-electron chi connectivity index (χ2n) is 10.5. The van der Waals surface area contributed by atoms with E-state index in [-0.39, 0.29) is 42.8 Å². The van der Waals surface area contributed by atoms with Gasteiger partial charge in [0.25, 0.3) is 5.91 Å². The number of amides is 3. The first-order valence-electron chi connectivity index (χ1n) is 14.7. The van der Waals surface area contributed by atoms with Gasteiger partial charge in [-0.1, -0.05) is 18.0 Å². The number of carbonyl (C=O) groups is 7. The normalized spacial score (nSPS) is 14.0. The second kappa shape index (κ2) is 21.7. The van der Waals surface area contributed by atoms with Gasteiger partial charge in [-0.05, 0) is 44.6 Å². The Labute approximate surface area is 283 Å². The van der Waals surface area contributed by atoms with E-state index in [4.69, 9.17) is 26.3 Å². The van der Waals surface area contributed by atoms with Crippen LogP contribution in [0, 0.1) is 5.95 Å². The molecule has 274 valence electrons. The number of hydrogen-bond donors (Lipinski definition) is 9. The van der Waals surface area contributed by atoms with Crippen LogP contribution < -0.4 is 21.0 Å². The average molecular weight is 741 g/mol. The Hall–Kier alpha value is -4.23. The Morgan fingerprint density at radius 2 is 1.39 bits per heavy atom. The van der Waals surface area contributed by atoms with E-state index < -0.39 is 99.3 Å². The van der Waals surface area contributed by atoms with Crippen LogP contribution in [0.25, 0.3) is 0 Å². The summed E-state index contributed by atoms with van der Waals surface area (Å²) in [5.41, 5.74) is 0.0681. The minimum atomic E-state index is -4.73. The number of halogens is 2. The van der Waals surface area contributed by atoms with Crippen LogP contribution in [0.2, 0.25) is 5.02 Å². The monoisotopic (exact) mass is 740 g/mol. The maximum atomic E-state index is 13.1.